The van der Waals surface area contributed by atoms with Crippen LogP contribution in [0.2, 0.25) is 0 Å². The van der Waals surface area contributed by atoms with Gasteiger partial charge in [-0.05, 0) is 39.0 Å². The molecule has 1 aliphatic rings. The number of carboxylic acid groups (broad SMARTS) is 1. The van der Waals surface area contributed by atoms with Crippen molar-refractivity contribution in [1.82, 2.24) is 15.5 Å². The normalized spacial score (nSPS) is 18.0. The van der Waals surface area contributed by atoms with Crippen LogP contribution >= 0.6 is 0 Å². The average molecular weight is 471 g/mol. The Morgan fingerprint density at radius 1 is 1.12 bits per heavy atom. The van der Waals surface area contributed by atoms with E-state index in [1.54, 1.807) is 0 Å². The fraction of sp³-hybridized carbons (Fsp3) is 0.684. The maximum Gasteiger partial charge on any atom is 0.326 e. The van der Waals surface area contributed by atoms with E-state index in [2.05, 4.69) is 15.6 Å². The summed E-state index contributed by atoms with van der Waals surface area (Å²) in [6.07, 6.45) is 1.39. The van der Waals surface area contributed by atoms with Crippen LogP contribution in [0.3, 0.4) is 0 Å². The van der Waals surface area contributed by atoms with Gasteiger partial charge in [-0.15, -0.1) is 0 Å². The minimum atomic E-state index is -1.23. The zero-order valence-electron chi connectivity index (χ0n) is 18.7. The van der Waals surface area contributed by atoms with E-state index in [-0.39, 0.29) is 31.8 Å². The SMILES string of the molecule is CC(NC(=O)C1CCCN1C(=O)C(N)CCC(N)=O)C(=O)NC(CCCN=C(N)N)C(=O)O. The van der Waals surface area contributed by atoms with Gasteiger partial charge >= 0.3 is 5.97 Å². The summed E-state index contributed by atoms with van der Waals surface area (Å²) in [6.45, 7) is 1.94. The Kier molecular flexibility index (Phi) is 11.0. The van der Waals surface area contributed by atoms with Crippen molar-refractivity contribution in [3.05, 3.63) is 0 Å². The van der Waals surface area contributed by atoms with Crippen molar-refractivity contribution >= 4 is 35.6 Å². The molecule has 0 aromatic heterocycles. The van der Waals surface area contributed by atoms with Gasteiger partial charge in [0.15, 0.2) is 5.96 Å². The molecule has 11 N–H and O–H groups in total. The maximum atomic E-state index is 12.7. The van der Waals surface area contributed by atoms with Crippen molar-refractivity contribution in [3.8, 4) is 0 Å². The third kappa shape index (κ3) is 9.31. The molecular weight excluding hydrogens is 436 g/mol. The number of primary amides is 1. The first-order valence-electron chi connectivity index (χ1n) is 10.7. The van der Waals surface area contributed by atoms with Gasteiger partial charge in [-0.2, -0.15) is 0 Å². The number of nitrogens with one attached hydrogen (secondary N) is 2. The highest BCUT2D eigenvalue weighted by atomic mass is 16.4. The van der Waals surface area contributed by atoms with Gasteiger partial charge in [0, 0.05) is 19.5 Å². The van der Waals surface area contributed by atoms with Crippen molar-refractivity contribution in [2.24, 2.45) is 27.9 Å². The molecule has 0 spiro atoms. The number of likely N-dealkylation sites (tertiary alicyclic amines) is 1. The summed E-state index contributed by atoms with van der Waals surface area (Å²) in [7, 11) is 0. The van der Waals surface area contributed by atoms with Gasteiger partial charge in [0.2, 0.25) is 23.6 Å². The Hall–Kier alpha value is -3.42. The number of nitrogens with zero attached hydrogens (tertiary/aromatic N) is 2. The van der Waals surface area contributed by atoms with Crippen LogP contribution in [0, 0.1) is 0 Å². The molecule has 14 nitrogen and oxygen atoms in total. The number of rotatable bonds is 13. The van der Waals surface area contributed by atoms with E-state index in [0.29, 0.717) is 25.8 Å². The molecule has 0 aromatic carbocycles. The van der Waals surface area contributed by atoms with Gasteiger partial charge in [0.25, 0.3) is 0 Å². The Morgan fingerprint density at radius 3 is 2.36 bits per heavy atom. The first kappa shape index (κ1) is 27.6. The highest BCUT2D eigenvalue weighted by Crippen LogP contribution is 2.19. The first-order chi connectivity index (χ1) is 15.4. The van der Waals surface area contributed by atoms with Crippen LogP contribution in [-0.4, -0.2) is 82.8 Å². The summed E-state index contributed by atoms with van der Waals surface area (Å²) in [6, 6.07) is -4.01. The average Bonchev–Trinajstić information content (AvgIpc) is 3.22. The summed E-state index contributed by atoms with van der Waals surface area (Å²) < 4.78 is 0. The van der Waals surface area contributed by atoms with Crippen molar-refractivity contribution in [2.75, 3.05) is 13.1 Å². The van der Waals surface area contributed by atoms with Crippen molar-refractivity contribution in [3.63, 3.8) is 0 Å². The van der Waals surface area contributed by atoms with E-state index in [0.717, 1.165) is 0 Å². The zero-order chi connectivity index (χ0) is 25.1. The Morgan fingerprint density at radius 2 is 1.79 bits per heavy atom. The van der Waals surface area contributed by atoms with E-state index in [1.807, 2.05) is 0 Å². The molecule has 186 valence electrons. The second-order valence-corrected chi connectivity index (χ2v) is 7.88. The van der Waals surface area contributed by atoms with Crippen LogP contribution in [0.25, 0.3) is 0 Å². The first-order valence-corrected chi connectivity index (χ1v) is 10.7. The van der Waals surface area contributed by atoms with Crippen molar-refractivity contribution in [2.45, 2.75) is 69.6 Å². The number of hydrogen-bond donors (Lipinski definition) is 7. The molecule has 1 saturated heterocycles. The molecule has 1 fully saturated rings. The molecule has 33 heavy (non-hydrogen) atoms. The molecule has 0 bridgehead atoms. The van der Waals surface area contributed by atoms with Crippen LogP contribution in [-0.2, 0) is 24.0 Å². The molecule has 14 heteroatoms. The molecule has 0 aromatic rings. The van der Waals surface area contributed by atoms with Crippen LogP contribution in [0.1, 0.15) is 45.4 Å². The quantitative estimate of drug-likeness (QED) is 0.0807. The largest absolute Gasteiger partial charge is 0.480 e. The van der Waals surface area contributed by atoms with Crippen LogP contribution in [0.4, 0.5) is 0 Å². The van der Waals surface area contributed by atoms with Gasteiger partial charge in [0.05, 0.1) is 6.04 Å². The van der Waals surface area contributed by atoms with Crippen molar-refractivity contribution < 1.29 is 29.1 Å². The summed E-state index contributed by atoms with van der Waals surface area (Å²) in [4.78, 5) is 65.1. The second-order valence-electron chi connectivity index (χ2n) is 7.88. The standard InChI is InChI=1S/C19H34N8O6/c1-10(15(29)26-12(18(32)33)4-2-8-24-19(22)23)25-16(30)13-5-3-9-27(13)17(31)11(20)6-7-14(21)28/h10-13H,2-9,20H2,1H3,(H2,21,28)(H,25,30)(H,26,29)(H,32,33)(H4,22,23,24). The summed E-state index contributed by atoms with van der Waals surface area (Å²) in [5.41, 5.74) is 21.3. The zero-order valence-corrected chi connectivity index (χ0v) is 18.7. The number of aliphatic carboxylic acids is 1. The molecule has 1 rings (SSSR count). The van der Waals surface area contributed by atoms with E-state index in [4.69, 9.17) is 22.9 Å². The lowest BCUT2D eigenvalue weighted by atomic mass is 10.1. The van der Waals surface area contributed by atoms with Crippen LogP contribution in [0.5, 0.6) is 0 Å². The van der Waals surface area contributed by atoms with Gasteiger partial charge in [-0.3, -0.25) is 24.2 Å². The Balaban J connectivity index is 2.64. The summed E-state index contributed by atoms with van der Waals surface area (Å²) in [5, 5.41) is 14.2. The number of aliphatic imine (C=N–C) groups is 1. The number of amides is 4. The highest BCUT2D eigenvalue weighted by molar-refractivity contribution is 5.94. The van der Waals surface area contributed by atoms with Crippen LogP contribution < -0.4 is 33.6 Å². The number of carboxylic acids is 1. The predicted molar refractivity (Wildman–Crippen MR) is 118 cm³/mol. The molecule has 1 aliphatic heterocycles. The molecular formula is C19H34N8O6. The monoisotopic (exact) mass is 470 g/mol. The van der Waals surface area contributed by atoms with Gasteiger partial charge in [0.1, 0.15) is 18.1 Å². The smallest absolute Gasteiger partial charge is 0.326 e. The van der Waals surface area contributed by atoms with Crippen molar-refractivity contribution in [1.29, 1.82) is 0 Å². The maximum absolute atomic E-state index is 12.7. The number of nitrogens with two attached hydrogens (primary N) is 4. The van der Waals surface area contributed by atoms with E-state index < -0.39 is 53.8 Å². The fourth-order valence-electron chi connectivity index (χ4n) is 3.37. The molecule has 1 heterocycles. The molecule has 4 atom stereocenters. The molecule has 0 aliphatic carbocycles. The highest BCUT2D eigenvalue weighted by Gasteiger charge is 2.37. The molecule has 0 radical (unpaired) electrons. The Bertz CT molecular complexity index is 769. The molecule has 0 saturated carbocycles. The van der Waals surface area contributed by atoms with E-state index in [1.165, 1.54) is 11.8 Å². The van der Waals surface area contributed by atoms with Gasteiger partial charge in [-0.1, -0.05) is 0 Å². The summed E-state index contributed by atoms with van der Waals surface area (Å²) in [5.74, 6) is -3.64. The third-order valence-corrected chi connectivity index (χ3v) is 5.17. The predicted octanol–water partition coefficient (Wildman–Crippen LogP) is -3.30. The van der Waals surface area contributed by atoms with Crippen LogP contribution in [0.15, 0.2) is 4.99 Å². The third-order valence-electron chi connectivity index (χ3n) is 5.17. The Labute approximate surface area is 191 Å². The number of carbonyl (C=O) groups is 5. The lowest BCUT2D eigenvalue weighted by Gasteiger charge is -2.27. The molecule has 4 unspecified atom stereocenters. The number of hydrogen-bond acceptors (Lipinski definition) is 7. The minimum absolute atomic E-state index is 0.0501. The molecule has 4 amide bonds. The second kappa shape index (κ2) is 13.2. The lowest BCUT2D eigenvalue weighted by molar-refractivity contribution is -0.143. The lowest BCUT2D eigenvalue weighted by Crippen LogP contribution is -2.55. The fourth-order valence-corrected chi connectivity index (χ4v) is 3.37. The van der Waals surface area contributed by atoms with Gasteiger partial charge in [-0.25, -0.2) is 4.79 Å². The number of carbonyl (C=O) groups excluding carboxylic acids is 4. The van der Waals surface area contributed by atoms with E-state index in [9.17, 15) is 29.1 Å². The summed E-state index contributed by atoms with van der Waals surface area (Å²) >= 11 is 0. The minimum Gasteiger partial charge on any atom is -0.480 e. The number of guanidine groups is 1. The van der Waals surface area contributed by atoms with E-state index >= 15 is 0 Å². The van der Waals surface area contributed by atoms with Gasteiger partial charge < -0.3 is 43.6 Å². The topological polar surface area (TPSA) is 249 Å².